The summed E-state index contributed by atoms with van der Waals surface area (Å²) < 4.78 is 0. The first-order valence-corrected chi connectivity index (χ1v) is 5.23. The lowest BCUT2D eigenvalue weighted by Crippen LogP contribution is -2.37. The molecule has 0 aliphatic heterocycles. The molecule has 0 fully saturated rings. The third-order valence-electron chi connectivity index (χ3n) is 2.68. The molecule has 0 unspecified atom stereocenters. The van der Waals surface area contributed by atoms with Gasteiger partial charge in [-0.3, -0.25) is 4.79 Å². The van der Waals surface area contributed by atoms with Crippen LogP contribution in [0.15, 0.2) is 6.20 Å². The number of fused-ring (bicyclic) bond motifs is 1. The molecule has 80 valence electrons. The fourth-order valence-electron chi connectivity index (χ4n) is 2.02. The van der Waals surface area contributed by atoms with Gasteiger partial charge in [0.1, 0.15) is 5.82 Å². The number of hydrogen-bond acceptors (Lipinski definition) is 3. The highest BCUT2D eigenvalue weighted by Crippen LogP contribution is 2.18. The largest absolute Gasteiger partial charge is 0.353 e. The first-order chi connectivity index (χ1) is 7.15. The molecule has 4 heteroatoms. The van der Waals surface area contributed by atoms with Crippen LogP contribution in [0.4, 0.5) is 0 Å². The highest BCUT2D eigenvalue weighted by molar-refractivity contribution is 5.73. The Morgan fingerprint density at radius 3 is 3.13 bits per heavy atom. The highest BCUT2D eigenvalue weighted by Gasteiger charge is 2.20. The lowest BCUT2D eigenvalue weighted by atomic mass is 9.93. The van der Waals surface area contributed by atoms with Crippen molar-refractivity contribution in [1.82, 2.24) is 15.3 Å². The van der Waals surface area contributed by atoms with Gasteiger partial charge in [0, 0.05) is 24.9 Å². The minimum atomic E-state index is 0.0384. The first kappa shape index (κ1) is 10.1. The van der Waals surface area contributed by atoms with E-state index < -0.39 is 0 Å². The number of rotatable bonds is 1. The zero-order valence-corrected chi connectivity index (χ0v) is 9.08. The van der Waals surface area contributed by atoms with Gasteiger partial charge in [0.05, 0.1) is 0 Å². The minimum absolute atomic E-state index is 0.0384. The zero-order chi connectivity index (χ0) is 10.8. The Bertz CT molecular complexity index is 389. The summed E-state index contributed by atoms with van der Waals surface area (Å²) in [7, 11) is 0. The predicted molar refractivity (Wildman–Crippen MR) is 56.4 cm³/mol. The monoisotopic (exact) mass is 205 g/mol. The van der Waals surface area contributed by atoms with Gasteiger partial charge in [0.2, 0.25) is 5.91 Å². The van der Waals surface area contributed by atoms with Crippen molar-refractivity contribution in [1.29, 1.82) is 0 Å². The summed E-state index contributed by atoms with van der Waals surface area (Å²) in [5.74, 6) is 0.864. The van der Waals surface area contributed by atoms with Crippen LogP contribution in [-0.2, 0) is 17.6 Å². The maximum atomic E-state index is 10.9. The summed E-state index contributed by atoms with van der Waals surface area (Å²) in [6, 6.07) is 0.251. The summed E-state index contributed by atoms with van der Waals surface area (Å²) in [6.45, 7) is 3.46. The van der Waals surface area contributed by atoms with Crippen LogP contribution in [0.2, 0.25) is 0 Å². The predicted octanol–water partition coefficient (Wildman–Crippen LogP) is 0.778. The molecule has 15 heavy (non-hydrogen) atoms. The molecule has 1 N–H and O–H groups in total. The van der Waals surface area contributed by atoms with Gasteiger partial charge in [-0.25, -0.2) is 9.97 Å². The van der Waals surface area contributed by atoms with Crippen LogP contribution >= 0.6 is 0 Å². The molecule has 4 nitrogen and oxygen atoms in total. The van der Waals surface area contributed by atoms with Crippen LogP contribution in [0.25, 0.3) is 0 Å². The molecular formula is C11H15N3O. The Hall–Kier alpha value is -1.45. The standard InChI is InChI=1S/C11H15N3O/c1-7-12-6-9-5-10(14-8(2)15)3-4-11(9)13-7/h6,10H,3-5H2,1-2H3,(H,14,15)/t10-/m0/s1. The van der Waals surface area contributed by atoms with Crippen LogP contribution in [0, 0.1) is 6.92 Å². The molecule has 0 spiro atoms. The van der Waals surface area contributed by atoms with Crippen LogP contribution in [0.5, 0.6) is 0 Å². The average Bonchev–Trinajstić information content (AvgIpc) is 2.17. The van der Waals surface area contributed by atoms with Crippen LogP contribution < -0.4 is 5.32 Å². The number of aromatic nitrogens is 2. The summed E-state index contributed by atoms with van der Waals surface area (Å²) in [5.41, 5.74) is 2.31. The lowest BCUT2D eigenvalue weighted by molar-refractivity contribution is -0.119. The van der Waals surface area contributed by atoms with E-state index >= 15 is 0 Å². The molecule has 1 aromatic heterocycles. The molecule has 0 saturated heterocycles. The fourth-order valence-corrected chi connectivity index (χ4v) is 2.02. The Morgan fingerprint density at radius 1 is 1.60 bits per heavy atom. The van der Waals surface area contributed by atoms with Gasteiger partial charge in [-0.15, -0.1) is 0 Å². The van der Waals surface area contributed by atoms with Gasteiger partial charge in [-0.1, -0.05) is 0 Å². The molecule has 1 atom stereocenters. The Kier molecular flexibility index (Phi) is 2.66. The van der Waals surface area contributed by atoms with Crippen molar-refractivity contribution >= 4 is 5.91 Å². The van der Waals surface area contributed by atoms with Gasteiger partial charge in [0.25, 0.3) is 0 Å². The second kappa shape index (κ2) is 3.96. The normalized spacial score (nSPS) is 19.5. The number of amides is 1. The average molecular weight is 205 g/mol. The summed E-state index contributed by atoms with van der Waals surface area (Å²) in [6.07, 6.45) is 4.65. The molecule has 1 amide bonds. The third kappa shape index (κ3) is 2.32. The Morgan fingerprint density at radius 2 is 2.40 bits per heavy atom. The molecular weight excluding hydrogens is 190 g/mol. The molecule has 0 radical (unpaired) electrons. The van der Waals surface area contributed by atoms with E-state index in [1.807, 2.05) is 13.1 Å². The quantitative estimate of drug-likeness (QED) is 0.737. The van der Waals surface area contributed by atoms with Crippen molar-refractivity contribution in [3.05, 3.63) is 23.3 Å². The van der Waals surface area contributed by atoms with Crippen molar-refractivity contribution in [3.8, 4) is 0 Å². The van der Waals surface area contributed by atoms with Gasteiger partial charge in [-0.05, 0) is 31.7 Å². The Balaban J connectivity index is 2.13. The van der Waals surface area contributed by atoms with Crippen LogP contribution in [-0.4, -0.2) is 21.9 Å². The van der Waals surface area contributed by atoms with Crippen LogP contribution in [0.1, 0.15) is 30.4 Å². The van der Waals surface area contributed by atoms with E-state index in [9.17, 15) is 4.79 Å². The number of nitrogens with one attached hydrogen (secondary N) is 1. The second-order valence-electron chi connectivity index (χ2n) is 4.03. The van der Waals surface area contributed by atoms with Gasteiger partial charge in [-0.2, -0.15) is 0 Å². The van der Waals surface area contributed by atoms with Gasteiger partial charge < -0.3 is 5.32 Å². The maximum absolute atomic E-state index is 10.9. The van der Waals surface area contributed by atoms with E-state index in [1.165, 1.54) is 5.56 Å². The molecule has 0 saturated carbocycles. The van der Waals surface area contributed by atoms with Crippen LogP contribution in [0.3, 0.4) is 0 Å². The summed E-state index contributed by atoms with van der Waals surface area (Å²) in [4.78, 5) is 19.5. The number of carbonyl (C=O) groups is 1. The van der Waals surface area contributed by atoms with E-state index in [-0.39, 0.29) is 11.9 Å². The molecule has 1 aliphatic carbocycles. The van der Waals surface area contributed by atoms with Crippen molar-refractivity contribution in [2.24, 2.45) is 0 Å². The smallest absolute Gasteiger partial charge is 0.217 e. The lowest BCUT2D eigenvalue weighted by Gasteiger charge is -2.24. The maximum Gasteiger partial charge on any atom is 0.217 e. The van der Waals surface area contributed by atoms with E-state index in [2.05, 4.69) is 15.3 Å². The van der Waals surface area contributed by atoms with Gasteiger partial charge >= 0.3 is 0 Å². The molecule has 1 aliphatic rings. The molecule has 2 rings (SSSR count). The Labute approximate surface area is 89.1 Å². The third-order valence-corrected chi connectivity index (χ3v) is 2.68. The number of aryl methyl sites for hydroxylation is 2. The zero-order valence-electron chi connectivity index (χ0n) is 9.08. The van der Waals surface area contributed by atoms with Crippen molar-refractivity contribution in [2.45, 2.75) is 39.2 Å². The van der Waals surface area contributed by atoms with Gasteiger partial charge in [0.15, 0.2) is 0 Å². The van der Waals surface area contributed by atoms with Crippen molar-refractivity contribution < 1.29 is 4.79 Å². The number of carbonyl (C=O) groups excluding carboxylic acids is 1. The van der Waals surface area contributed by atoms with E-state index in [0.717, 1.165) is 30.8 Å². The van der Waals surface area contributed by atoms with E-state index in [0.29, 0.717) is 0 Å². The number of nitrogens with zero attached hydrogens (tertiary/aromatic N) is 2. The SMILES string of the molecule is CC(=O)N[C@H]1CCc2nc(C)ncc2C1. The van der Waals surface area contributed by atoms with Crippen molar-refractivity contribution in [3.63, 3.8) is 0 Å². The molecule has 1 heterocycles. The molecule has 0 bridgehead atoms. The minimum Gasteiger partial charge on any atom is -0.353 e. The highest BCUT2D eigenvalue weighted by atomic mass is 16.1. The summed E-state index contributed by atoms with van der Waals surface area (Å²) in [5, 5.41) is 2.94. The molecule has 1 aromatic rings. The second-order valence-corrected chi connectivity index (χ2v) is 4.03. The van der Waals surface area contributed by atoms with E-state index in [1.54, 1.807) is 6.92 Å². The van der Waals surface area contributed by atoms with E-state index in [4.69, 9.17) is 0 Å². The summed E-state index contributed by atoms with van der Waals surface area (Å²) >= 11 is 0. The molecule has 0 aromatic carbocycles. The topological polar surface area (TPSA) is 54.9 Å². The first-order valence-electron chi connectivity index (χ1n) is 5.23. The number of hydrogen-bond donors (Lipinski definition) is 1. The fraction of sp³-hybridized carbons (Fsp3) is 0.545. The van der Waals surface area contributed by atoms with Crippen molar-refractivity contribution in [2.75, 3.05) is 0 Å².